The number of carbonyl (C=O) groups is 2. The molecule has 1 amide bonds. The maximum atomic E-state index is 13.2. The monoisotopic (exact) mass is 374 g/mol. The zero-order valence-electron chi connectivity index (χ0n) is 13.5. The Morgan fingerprint density at radius 2 is 1.65 bits per heavy atom. The van der Waals surface area contributed by atoms with Crippen LogP contribution in [0.15, 0.2) is 64.5 Å². The Balaban J connectivity index is 2.04. The van der Waals surface area contributed by atoms with E-state index in [1.54, 1.807) is 0 Å². The van der Waals surface area contributed by atoms with Gasteiger partial charge in [0.05, 0.1) is 23.4 Å². The second kappa shape index (κ2) is 7.49. The number of hydrogen-bond acceptors (Lipinski definition) is 5. The van der Waals surface area contributed by atoms with E-state index in [4.69, 9.17) is 0 Å². The Morgan fingerprint density at radius 3 is 2.23 bits per heavy atom. The van der Waals surface area contributed by atoms with E-state index in [0.29, 0.717) is 11.4 Å². The Morgan fingerprint density at radius 1 is 1.08 bits per heavy atom. The van der Waals surface area contributed by atoms with Crippen molar-refractivity contribution in [2.75, 3.05) is 12.0 Å². The molecule has 8 heteroatoms. The average molecular weight is 374 g/mol. The molecule has 1 saturated heterocycles. The molecule has 0 spiro atoms. The van der Waals surface area contributed by atoms with Gasteiger partial charge < -0.3 is 4.74 Å². The highest BCUT2D eigenvalue weighted by atomic mass is 32.2. The quantitative estimate of drug-likeness (QED) is 0.606. The molecule has 0 radical (unpaired) electrons. The van der Waals surface area contributed by atoms with Crippen molar-refractivity contribution in [2.24, 2.45) is 4.99 Å². The summed E-state index contributed by atoms with van der Waals surface area (Å²) in [6, 6.07) is 10.7. The molecule has 0 atom stereocenters. The molecule has 2 aromatic carbocycles. The lowest BCUT2D eigenvalue weighted by Crippen LogP contribution is -2.28. The van der Waals surface area contributed by atoms with Crippen molar-refractivity contribution in [1.29, 1.82) is 0 Å². The van der Waals surface area contributed by atoms with Crippen LogP contribution < -0.4 is 4.90 Å². The number of hydrogen-bond donors (Lipinski definition) is 0. The lowest BCUT2D eigenvalue weighted by atomic mass is 10.3. The highest BCUT2D eigenvalue weighted by molar-refractivity contribution is 8.19. The maximum Gasteiger partial charge on any atom is 0.331 e. The van der Waals surface area contributed by atoms with Crippen molar-refractivity contribution >= 4 is 40.2 Å². The van der Waals surface area contributed by atoms with Crippen LogP contribution in [0.1, 0.15) is 0 Å². The molecule has 0 unspecified atom stereocenters. The van der Waals surface area contributed by atoms with Gasteiger partial charge in [0.1, 0.15) is 11.6 Å². The first-order valence-corrected chi connectivity index (χ1v) is 8.21. The molecule has 132 valence electrons. The van der Waals surface area contributed by atoms with Crippen molar-refractivity contribution in [2.45, 2.75) is 0 Å². The topological polar surface area (TPSA) is 59.0 Å². The predicted octanol–water partition coefficient (Wildman–Crippen LogP) is 3.79. The van der Waals surface area contributed by atoms with Crippen LogP contribution >= 0.6 is 11.8 Å². The van der Waals surface area contributed by atoms with Crippen molar-refractivity contribution in [3.63, 3.8) is 0 Å². The second-order valence-corrected chi connectivity index (χ2v) is 6.13. The SMILES string of the molecule is COC(=O)/C=C1/SC(=Nc2ccc(F)cc2)N(c2ccc(F)cc2)C1=O. The summed E-state index contributed by atoms with van der Waals surface area (Å²) in [6.07, 6.45) is 1.07. The van der Waals surface area contributed by atoms with E-state index >= 15 is 0 Å². The van der Waals surface area contributed by atoms with Gasteiger partial charge in [0.25, 0.3) is 5.91 Å². The fraction of sp³-hybridized carbons (Fsp3) is 0.0556. The van der Waals surface area contributed by atoms with E-state index in [1.165, 1.54) is 60.5 Å². The summed E-state index contributed by atoms with van der Waals surface area (Å²) in [6.45, 7) is 0. The summed E-state index contributed by atoms with van der Waals surface area (Å²) in [5.74, 6) is -2.03. The molecule has 0 aromatic heterocycles. The largest absolute Gasteiger partial charge is 0.466 e. The summed E-state index contributed by atoms with van der Waals surface area (Å²) >= 11 is 0.968. The Labute approximate surface area is 152 Å². The van der Waals surface area contributed by atoms with Crippen LogP contribution in [0.5, 0.6) is 0 Å². The number of nitrogens with zero attached hydrogens (tertiary/aromatic N) is 2. The first kappa shape index (κ1) is 17.8. The molecule has 1 aliphatic rings. The molecular formula is C18H12F2N2O3S. The van der Waals surface area contributed by atoms with Gasteiger partial charge in [-0.25, -0.2) is 18.6 Å². The van der Waals surface area contributed by atoms with Crippen LogP contribution in [0.25, 0.3) is 0 Å². The lowest BCUT2D eigenvalue weighted by Gasteiger charge is -2.15. The average Bonchev–Trinajstić information content (AvgIpc) is 2.93. The van der Waals surface area contributed by atoms with E-state index < -0.39 is 23.5 Å². The van der Waals surface area contributed by atoms with Crippen molar-refractivity contribution in [3.8, 4) is 0 Å². The van der Waals surface area contributed by atoms with Crippen LogP contribution in [0, 0.1) is 11.6 Å². The molecule has 0 aliphatic carbocycles. The number of carbonyl (C=O) groups excluding carboxylic acids is 2. The molecule has 1 heterocycles. The number of anilines is 1. The van der Waals surface area contributed by atoms with Crippen molar-refractivity contribution in [3.05, 3.63) is 71.1 Å². The van der Waals surface area contributed by atoms with Gasteiger partial charge in [-0.05, 0) is 60.3 Å². The van der Waals surface area contributed by atoms with Gasteiger partial charge in [0.2, 0.25) is 0 Å². The van der Waals surface area contributed by atoms with E-state index in [2.05, 4.69) is 9.73 Å². The molecular weight excluding hydrogens is 362 g/mol. The third-order valence-corrected chi connectivity index (χ3v) is 4.36. The fourth-order valence-corrected chi connectivity index (χ4v) is 3.12. The predicted molar refractivity (Wildman–Crippen MR) is 95.1 cm³/mol. The van der Waals surface area contributed by atoms with E-state index in [0.717, 1.165) is 17.8 Å². The smallest absolute Gasteiger partial charge is 0.331 e. The highest BCUT2D eigenvalue weighted by Gasteiger charge is 2.35. The molecule has 2 aromatic rings. The zero-order valence-corrected chi connectivity index (χ0v) is 14.3. The minimum Gasteiger partial charge on any atom is -0.466 e. The van der Waals surface area contributed by atoms with Crippen molar-refractivity contribution in [1.82, 2.24) is 0 Å². The summed E-state index contributed by atoms with van der Waals surface area (Å²) in [7, 11) is 1.20. The van der Waals surface area contributed by atoms with Gasteiger partial charge in [0, 0.05) is 6.08 Å². The second-order valence-electron chi connectivity index (χ2n) is 5.12. The van der Waals surface area contributed by atoms with Crippen LogP contribution in [0.2, 0.25) is 0 Å². The standard InChI is InChI=1S/C18H12F2N2O3S/c1-25-16(23)10-15-17(24)22(14-8-4-12(20)5-9-14)18(26-15)21-13-6-2-11(19)3-7-13/h2-10H,1H3/b15-10+,21-18?. The number of halogens is 2. The minimum atomic E-state index is -0.678. The minimum absolute atomic E-state index is 0.113. The van der Waals surface area contributed by atoms with Gasteiger partial charge in [-0.1, -0.05) is 0 Å². The molecule has 1 aliphatic heterocycles. The first-order valence-electron chi connectivity index (χ1n) is 7.39. The number of amidine groups is 1. The molecule has 5 nitrogen and oxygen atoms in total. The highest BCUT2D eigenvalue weighted by Crippen LogP contribution is 2.36. The number of amides is 1. The summed E-state index contributed by atoms with van der Waals surface area (Å²) in [5.41, 5.74) is 0.811. The van der Waals surface area contributed by atoms with Gasteiger partial charge in [0.15, 0.2) is 5.17 Å². The molecule has 3 rings (SSSR count). The maximum absolute atomic E-state index is 13.2. The van der Waals surface area contributed by atoms with E-state index in [1.807, 2.05) is 0 Å². The van der Waals surface area contributed by atoms with Crippen LogP contribution in [-0.2, 0) is 14.3 Å². The van der Waals surface area contributed by atoms with Crippen LogP contribution in [0.4, 0.5) is 20.2 Å². The molecule has 0 N–H and O–H groups in total. The molecule has 0 bridgehead atoms. The van der Waals surface area contributed by atoms with E-state index in [-0.39, 0.29) is 10.1 Å². The third kappa shape index (κ3) is 3.80. The van der Waals surface area contributed by atoms with Gasteiger partial charge >= 0.3 is 5.97 Å². The number of thioether (sulfide) groups is 1. The van der Waals surface area contributed by atoms with Crippen LogP contribution in [0.3, 0.4) is 0 Å². The van der Waals surface area contributed by atoms with Crippen molar-refractivity contribution < 1.29 is 23.1 Å². The Hall–Kier alpha value is -3.00. The molecule has 26 heavy (non-hydrogen) atoms. The van der Waals surface area contributed by atoms with Gasteiger partial charge in [-0.15, -0.1) is 0 Å². The Bertz CT molecular complexity index is 909. The Kier molecular flexibility index (Phi) is 5.13. The van der Waals surface area contributed by atoms with E-state index in [9.17, 15) is 18.4 Å². The first-order chi connectivity index (χ1) is 12.5. The molecule has 1 fully saturated rings. The third-order valence-electron chi connectivity index (χ3n) is 3.39. The fourth-order valence-electron chi connectivity index (χ4n) is 2.16. The van der Waals surface area contributed by atoms with Gasteiger partial charge in [-0.3, -0.25) is 9.69 Å². The molecule has 0 saturated carbocycles. The number of rotatable bonds is 3. The zero-order chi connectivity index (χ0) is 18.7. The summed E-state index contributed by atoms with van der Waals surface area (Å²) < 4.78 is 30.8. The number of ether oxygens (including phenoxy) is 1. The lowest BCUT2D eigenvalue weighted by molar-refractivity contribution is -0.135. The number of aliphatic imine (C=N–C) groups is 1. The van der Waals surface area contributed by atoms with Crippen LogP contribution in [-0.4, -0.2) is 24.2 Å². The number of methoxy groups -OCH3 is 1. The number of benzene rings is 2. The summed E-state index contributed by atoms with van der Waals surface area (Å²) in [5, 5.41) is 0.253. The number of esters is 1. The van der Waals surface area contributed by atoms with Gasteiger partial charge in [-0.2, -0.15) is 0 Å². The summed E-state index contributed by atoms with van der Waals surface area (Å²) in [4.78, 5) is 29.9. The normalized spacial score (nSPS) is 17.2.